The van der Waals surface area contributed by atoms with Crippen molar-refractivity contribution in [3.05, 3.63) is 0 Å². The van der Waals surface area contributed by atoms with Crippen LogP contribution in [0, 0.1) is 11.8 Å². The molecular weight excluding hydrogens is 298 g/mol. The first-order valence-electron chi connectivity index (χ1n) is 8.54. The highest BCUT2D eigenvalue weighted by Gasteiger charge is 2.42. The summed E-state index contributed by atoms with van der Waals surface area (Å²) in [7, 11) is 0. The van der Waals surface area contributed by atoms with Gasteiger partial charge in [0.15, 0.2) is 0 Å². The molecule has 0 aliphatic carbocycles. The number of carboxylic acid groups (broad SMARTS) is 1. The Labute approximate surface area is 136 Å². The molecule has 2 N–H and O–H groups in total. The van der Waals surface area contributed by atoms with Gasteiger partial charge in [0.05, 0.1) is 5.92 Å². The molecule has 0 aromatic heterocycles. The molecule has 4 unspecified atom stereocenters. The molecular formula is C16H25N3O4. The Morgan fingerprint density at radius 1 is 1.22 bits per heavy atom. The Balaban J connectivity index is 1.60. The maximum Gasteiger partial charge on any atom is 0.318 e. The van der Waals surface area contributed by atoms with Gasteiger partial charge in [0.2, 0.25) is 5.91 Å². The van der Waals surface area contributed by atoms with Crippen molar-refractivity contribution >= 4 is 17.9 Å². The van der Waals surface area contributed by atoms with Crippen molar-refractivity contribution in [2.75, 3.05) is 19.6 Å². The van der Waals surface area contributed by atoms with Gasteiger partial charge in [0.25, 0.3) is 0 Å². The van der Waals surface area contributed by atoms with Crippen LogP contribution in [-0.2, 0) is 9.59 Å². The molecule has 3 heterocycles. The summed E-state index contributed by atoms with van der Waals surface area (Å²) < 4.78 is 0. The zero-order valence-electron chi connectivity index (χ0n) is 13.5. The van der Waals surface area contributed by atoms with Crippen molar-refractivity contribution < 1.29 is 19.5 Å². The number of aliphatic carboxylic acids is 1. The number of hydrogen-bond donors (Lipinski definition) is 2. The fourth-order valence-corrected chi connectivity index (χ4v) is 4.17. The van der Waals surface area contributed by atoms with Crippen LogP contribution in [0.25, 0.3) is 0 Å². The van der Waals surface area contributed by atoms with Crippen LogP contribution in [0.5, 0.6) is 0 Å². The smallest absolute Gasteiger partial charge is 0.318 e. The summed E-state index contributed by atoms with van der Waals surface area (Å²) in [6, 6.07) is -0.499. The molecule has 23 heavy (non-hydrogen) atoms. The number of nitrogens with one attached hydrogen (secondary N) is 1. The Morgan fingerprint density at radius 2 is 2.00 bits per heavy atom. The first kappa shape index (κ1) is 16.1. The average molecular weight is 323 g/mol. The Kier molecular flexibility index (Phi) is 4.46. The molecule has 3 amide bonds. The summed E-state index contributed by atoms with van der Waals surface area (Å²) >= 11 is 0. The van der Waals surface area contributed by atoms with E-state index in [1.54, 1.807) is 4.90 Å². The summed E-state index contributed by atoms with van der Waals surface area (Å²) in [6.45, 7) is 3.51. The monoisotopic (exact) mass is 323 g/mol. The molecule has 7 nitrogen and oxygen atoms in total. The molecule has 128 valence electrons. The number of likely N-dealkylation sites (tertiary alicyclic amines) is 1. The number of carbonyl (C=O) groups excluding carboxylic acids is 2. The molecule has 3 rings (SSSR count). The highest BCUT2D eigenvalue weighted by Crippen LogP contribution is 2.28. The lowest BCUT2D eigenvalue weighted by Crippen LogP contribution is -2.53. The van der Waals surface area contributed by atoms with E-state index in [0.29, 0.717) is 19.4 Å². The third-order valence-electron chi connectivity index (χ3n) is 5.31. The molecule has 3 saturated heterocycles. The van der Waals surface area contributed by atoms with E-state index < -0.39 is 17.9 Å². The van der Waals surface area contributed by atoms with Crippen LogP contribution in [0.15, 0.2) is 0 Å². The van der Waals surface area contributed by atoms with Crippen LogP contribution in [0.1, 0.15) is 39.0 Å². The van der Waals surface area contributed by atoms with Crippen molar-refractivity contribution in [2.45, 2.75) is 51.1 Å². The summed E-state index contributed by atoms with van der Waals surface area (Å²) in [4.78, 5) is 39.5. The van der Waals surface area contributed by atoms with Crippen LogP contribution in [0.3, 0.4) is 0 Å². The highest BCUT2D eigenvalue weighted by atomic mass is 16.4. The number of carboxylic acids is 1. The fourth-order valence-electron chi connectivity index (χ4n) is 4.17. The number of amides is 3. The minimum atomic E-state index is -0.858. The standard InChI is InChI=1S/C16H25N3O4/c1-10-6-11(15(21)22)9-18(8-10)16(23)17-13-7-12-4-2-3-5-19(12)14(13)20/h10-13H,2-9H2,1H3,(H,17,23)(H,21,22). The second-order valence-electron chi connectivity index (χ2n) is 7.20. The minimum Gasteiger partial charge on any atom is -0.481 e. The van der Waals surface area contributed by atoms with Gasteiger partial charge < -0.3 is 20.2 Å². The molecule has 0 aromatic carbocycles. The Morgan fingerprint density at radius 3 is 2.70 bits per heavy atom. The second-order valence-corrected chi connectivity index (χ2v) is 7.20. The van der Waals surface area contributed by atoms with Gasteiger partial charge in [-0.05, 0) is 38.0 Å². The number of urea groups is 1. The highest BCUT2D eigenvalue weighted by molar-refractivity contribution is 5.89. The minimum absolute atomic E-state index is 0.0166. The quantitative estimate of drug-likeness (QED) is 0.790. The van der Waals surface area contributed by atoms with Crippen LogP contribution in [0.2, 0.25) is 0 Å². The summed E-state index contributed by atoms with van der Waals surface area (Å²) in [5.41, 5.74) is 0. The first-order chi connectivity index (χ1) is 11.0. The third kappa shape index (κ3) is 3.28. The van der Waals surface area contributed by atoms with E-state index >= 15 is 0 Å². The number of hydrogen-bond acceptors (Lipinski definition) is 3. The van der Waals surface area contributed by atoms with E-state index in [9.17, 15) is 19.5 Å². The van der Waals surface area contributed by atoms with Gasteiger partial charge in [0, 0.05) is 25.7 Å². The number of nitrogens with zero attached hydrogens (tertiary/aromatic N) is 2. The first-order valence-corrected chi connectivity index (χ1v) is 8.54. The van der Waals surface area contributed by atoms with Crippen molar-refractivity contribution in [1.29, 1.82) is 0 Å². The van der Waals surface area contributed by atoms with Crippen LogP contribution < -0.4 is 5.32 Å². The molecule has 0 saturated carbocycles. The lowest BCUT2D eigenvalue weighted by molar-refractivity contribution is -0.143. The molecule has 3 aliphatic rings. The molecule has 4 atom stereocenters. The predicted octanol–water partition coefficient (Wildman–Crippen LogP) is 0.892. The maximum absolute atomic E-state index is 12.5. The SMILES string of the molecule is CC1CC(C(=O)O)CN(C(=O)NC2CC3CCCCN3C2=O)C1. The van der Waals surface area contributed by atoms with E-state index in [-0.39, 0.29) is 30.4 Å². The number of piperidine rings is 2. The molecule has 0 aromatic rings. The number of rotatable bonds is 2. The van der Waals surface area contributed by atoms with Gasteiger partial charge in [0.1, 0.15) is 6.04 Å². The van der Waals surface area contributed by atoms with Crippen LogP contribution >= 0.6 is 0 Å². The third-order valence-corrected chi connectivity index (χ3v) is 5.31. The topological polar surface area (TPSA) is 89.9 Å². The summed E-state index contributed by atoms with van der Waals surface area (Å²) in [6.07, 6.45) is 4.46. The predicted molar refractivity (Wildman–Crippen MR) is 82.8 cm³/mol. The molecule has 0 bridgehead atoms. The van der Waals surface area contributed by atoms with E-state index in [1.807, 2.05) is 11.8 Å². The lowest BCUT2D eigenvalue weighted by atomic mass is 9.91. The van der Waals surface area contributed by atoms with Crippen LogP contribution in [0.4, 0.5) is 4.79 Å². The summed E-state index contributed by atoms with van der Waals surface area (Å²) in [5.74, 6) is -1.21. The lowest BCUT2D eigenvalue weighted by Gasteiger charge is -2.35. The van der Waals surface area contributed by atoms with Crippen molar-refractivity contribution in [3.63, 3.8) is 0 Å². The van der Waals surface area contributed by atoms with Gasteiger partial charge in [-0.15, -0.1) is 0 Å². The van der Waals surface area contributed by atoms with Gasteiger partial charge >= 0.3 is 12.0 Å². The molecule has 3 aliphatic heterocycles. The Hall–Kier alpha value is -1.79. The molecule has 7 heteroatoms. The van der Waals surface area contributed by atoms with Gasteiger partial charge in [-0.3, -0.25) is 9.59 Å². The van der Waals surface area contributed by atoms with Crippen molar-refractivity contribution in [3.8, 4) is 0 Å². The maximum atomic E-state index is 12.5. The van der Waals surface area contributed by atoms with Gasteiger partial charge in [-0.2, -0.15) is 0 Å². The van der Waals surface area contributed by atoms with Gasteiger partial charge in [-0.1, -0.05) is 6.92 Å². The van der Waals surface area contributed by atoms with E-state index in [0.717, 1.165) is 25.8 Å². The van der Waals surface area contributed by atoms with Crippen molar-refractivity contribution in [2.24, 2.45) is 11.8 Å². The molecule has 0 spiro atoms. The average Bonchev–Trinajstić information content (AvgIpc) is 2.83. The van der Waals surface area contributed by atoms with Crippen molar-refractivity contribution in [1.82, 2.24) is 15.1 Å². The fraction of sp³-hybridized carbons (Fsp3) is 0.812. The second kappa shape index (κ2) is 6.37. The Bertz CT molecular complexity index is 510. The largest absolute Gasteiger partial charge is 0.481 e. The normalized spacial score (nSPS) is 34.2. The molecule has 0 radical (unpaired) electrons. The van der Waals surface area contributed by atoms with E-state index in [4.69, 9.17) is 0 Å². The number of fused-ring (bicyclic) bond motifs is 1. The van der Waals surface area contributed by atoms with E-state index in [1.165, 1.54) is 0 Å². The summed E-state index contributed by atoms with van der Waals surface area (Å²) in [5, 5.41) is 12.0. The molecule has 3 fully saturated rings. The zero-order valence-corrected chi connectivity index (χ0v) is 13.5. The van der Waals surface area contributed by atoms with Gasteiger partial charge in [-0.25, -0.2) is 4.79 Å². The zero-order chi connectivity index (χ0) is 16.6. The van der Waals surface area contributed by atoms with Crippen LogP contribution in [-0.4, -0.2) is 64.5 Å². The van der Waals surface area contributed by atoms with E-state index in [2.05, 4.69) is 5.32 Å². The number of carbonyl (C=O) groups is 3.